The van der Waals surface area contributed by atoms with Crippen LogP contribution in [0.1, 0.15) is 35.2 Å². The Morgan fingerprint density at radius 1 is 0.881 bits per heavy atom. The van der Waals surface area contributed by atoms with Crippen molar-refractivity contribution in [2.24, 2.45) is 0 Å². The minimum atomic E-state index is -4.87. The van der Waals surface area contributed by atoms with E-state index < -0.39 is 54.1 Å². The number of aryl methyl sites for hydroxylation is 1. The molecule has 0 fully saturated rings. The van der Waals surface area contributed by atoms with Crippen molar-refractivity contribution in [3.05, 3.63) is 100 Å². The molecule has 0 aliphatic carbocycles. The fourth-order valence-corrected chi connectivity index (χ4v) is 6.99. The molecule has 216 valence electrons. The summed E-state index contributed by atoms with van der Waals surface area (Å²) in [5.74, 6) is 0. The van der Waals surface area contributed by atoms with E-state index in [4.69, 9.17) is 0 Å². The van der Waals surface area contributed by atoms with Gasteiger partial charge >= 0.3 is 12.2 Å². The molecule has 0 radical (unpaired) electrons. The van der Waals surface area contributed by atoms with Crippen molar-refractivity contribution in [2.75, 3.05) is 11.2 Å². The Balaban J connectivity index is 2.11. The average molecular weight is 615 g/mol. The van der Waals surface area contributed by atoms with Crippen LogP contribution < -0.4 is 4.90 Å². The van der Waals surface area contributed by atoms with E-state index >= 15 is 0 Å². The molecule has 2 amide bonds. The van der Waals surface area contributed by atoms with Crippen LogP contribution >= 0.6 is 0 Å². The van der Waals surface area contributed by atoms with Crippen LogP contribution in [-0.2, 0) is 26.0 Å². The SMILES string of the molecule is CC1=C(C#N)[C@@H](c2ccc(C#N)cc2S(C)(=O)=O)N(S(=O)(=O)c2ccc(C)cc2)C(=O)N1c1cccc(C(F)(F)F)c1. The number of urea groups is 1. The average Bonchev–Trinajstić information content (AvgIpc) is 2.91. The lowest BCUT2D eigenvalue weighted by molar-refractivity contribution is -0.137. The number of allylic oxidation sites excluding steroid dienone is 1. The Hall–Kier alpha value is -4.66. The van der Waals surface area contributed by atoms with E-state index in [1.807, 2.05) is 6.07 Å². The first kappa shape index (κ1) is 30.3. The van der Waals surface area contributed by atoms with Crippen molar-refractivity contribution >= 4 is 31.6 Å². The highest BCUT2D eigenvalue weighted by Gasteiger charge is 2.48. The summed E-state index contributed by atoms with van der Waals surface area (Å²) in [5.41, 5.74) is -1.82. The number of amides is 2. The molecule has 3 aromatic carbocycles. The van der Waals surface area contributed by atoms with Gasteiger partial charge in [0.1, 0.15) is 6.04 Å². The van der Waals surface area contributed by atoms with E-state index in [2.05, 4.69) is 0 Å². The summed E-state index contributed by atoms with van der Waals surface area (Å²) in [6.07, 6.45) is -3.98. The summed E-state index contributed by atoms with van der Waals surface area (Å²) in [7, 11) is -9.04. The molecule has 1 atom stereocenters. The molecule has 0 aromatic heterocycles. The second kappa shape index (κ2) is 10.6. The number of carbonyl (C=O) groups excluding carboxylic acids is 1. The van der Waals surface area contributed by atoms with Gasteiger partial charge in [-0.1, -0.05) is 29.8 Å². The zero-order valence-corrected chi connectivity index (χ0v) is 23.8. The standard InChI is InChI=1S/C28H21F3N4O5S2/c1-17-7-10-22(11-8-17)42(39,40)35-26(23-12-9-19(15-32)13-25(23)41(3,37)38)24(16-33)18(2)34(27(35)36)21-6-4-5-20(14-21)28(29,30)31/h4-14,26H,1-3H3/t26-/m1/s1. The fraction of sp³-hybridized carbons (Fsp3) is 0.179. The predicted octanol–water partition coefficient (Wildman–Crippen LogP) is 5.46. The number of sulfonamides is 1. The van der Waals surface area contributed by atoms with Crippen LogP contribution in [0.3, 0.4) is 0 Å². The van der Waals surface area contributed by atoms with Crippen LogP contribution in [-0.4, -0.2) is 33.4 Å². The van der Waals surface area contributed by atoms with E-state index in [9.17, 15) is 45.3 Å². The third-order valence-electron chi connectivity index (χ3n) is 6.58. The van der Waals surface area contributed by atoms with Crippen molar-refractivity contribution in [1.29, 1.82) is 10.5 Å². The molecule has 1 aliphatic rings. The molecule has 4 rings (SSSR count). The van der Waals surface area contributed by atoms with Crippen molar-refractivity contribution in [2.45, 2.75) is 35.9 Å². The number of nitriles is 2. The lowest BCUT2D eigenvalue weighted by atomic mass is 9.94. The maximum atomic E-state index is 14.2. The number of anilines is 1. The van der Waals surface area contributed by atoms with Gasteiger partial charge in [-0.05, 0) is 61.9 Å². The van der Waals surface area contributed by atoms with Crippen LogP contribution in [0.2, 0.25) is 0 Å². The summed E-state index contributed by atoms with van der Waals surface area (Å²) in [6.45, 7) is 2.93. The molecular weight excluding hydrogens is 593 g/mol. The molecule has 0 saturated heterocycles. The highest BCUT2D eigenvalue weighted by molar-refractivity contribution is 7.91. The second-order valence-corrected chi connectivity index (χ2v) is 13.2. The largest absolute Gasteiger partial charge is 0.416 e. The first-order valence-corrected chi connectivity index (χ1v) is 15.3. The minimum absolute atomic E-state index is 0.0842. The van der Waals surface area contributed by atoms with Crippen LogP contribution in [0.25, 0.3) is 0 Å². The Kier molecular flexibility index (Phi) is 7.67. The highest BCUT2D eigenvalue weighted by atomic mass is 32.2. The maximum absolute atomic E-state index is 14.2. The summed E-state index contributed by atoms with van der Waals surface area (Å²) < 4.78 is 94.8. The molecule has 3 aromatic rings. The number of hydrogen-bond donors (Lipinski definition) is 0. The minimum Gasteiger partial charge on any atom is -0.265 e. The topological polar surface area (TPSA) is 139 Å². The van der Waals surface area contributed by atoms with Gasteiger partial charge in [0.25, 0.3) is 10.0 Å². The van der Waals surface area contributed by atoms with Gasteiger partial charge in [0.2, 0.25) is 0 Å². The van der Waals surface area contributed by atoms with Crippen LogP contribution in [0.5, 0.6) is 0 Å². The van der Waals surface area contributed by atoms with E-state index in [0.29, 0.717) is 20.8 Å². The Morgan fingerprint density at radius 3 is 2.07 bits per heavy atom. The van der Waals surface area contributed by atoms with Crippen molar-refractivity contribution in [1.82, 2.24) is 4.31 Å². The number of hydrogen-bond acceptors (Lipinski definition) is 7. The van der Waals surface area contributed by atoms with Crippen LogP contribution in [0.4, 0.5) is 23.7 Å². The smallest absolute Gasteiger partial charge is 0.265 e. The third kappa shape index (κ3) is 5.34. The van der Waals surface area contributed by atoms with Crippen molar-refractivity contribution < 1.29 is 34.8 Å². The lowest BCUT2D eigenvalue weighted by Gasteiger charge is -2.41. The van der Waals surface area contributed by atoms with Gasteiger partial charge in [0.05, 0.1) is 44.3 Å². The van der Waals surface area contributed by atoms with Gasteiger partial charge in [-0.15, -0.1) is 0 Å². The number of benzene rings is 3. The third-order valence-corrected chi connectivity index (χ3v) is 9.48. The Morgan fingerprint density at radius 2 is 1.52 bits per heavy atom. The normalized spacial score (nSPS) is 16.3. The van der Waals surface area contributed by atoms with Gasteiger partial charge < -0.3 is 0 Å². The van der Waals surface area contributed by atoms with Crippen LogP contribution in [0.15, 0.2) is 87.8 Å². The number of nitrogens with zero attached hydrogens (tertiary/aromatic N) is 4. The van der Waals surface area contributed by atoms with E-state index in [1.165, 1.54) is 37.3 Å². The van der Waals surface area contributed by atoms with E-state index in [-0.39, 0.29) is 27.4 Å². The molecule has 1 aliphatic heterocycles. The van der Waals surface area contributed by atoms with E-state index in [0.717, 1.165) is 36.6 Å². The fourth-order valence-electron chi connectivity index (χ4n) is 4.55. The van der Waals surface area contributed by atoms with Gasteiger partial charge in [-0.2, -0.15) is 23.7 Å². The molecule has 0 saturated carbocycles. The molecule has 0 N–H and O–H groups in total. The van der Waals surface area contributed by atoms with Gasteiger partial charge in [-0.25, -0.2) is 25.9 Å². The number of sulfone groups is 1. The molecule has 0 bridgehead atoms. The maximum Gasteiger partial charge on any atom is 0.416 e. The molecular formula is C28H21F3N4O5S2. The number of rotatable bonds is 5. The molecule has 0 unspecified atom stereocenters. The predicted molar refractivity (Wildman–Crippen MR) is 145 cm³/mol. The molecule has 0 spiro atoms. The zero-order chi connectivity index (χ0) is 31.2. The van der Waals surface area contributed by atoms with Crippen molar-refractivity contribution in [3.8, 4) is 12.1 Å². The van der Waals surface area contributed by atoms with Gasteiger partial charge in [0.15, 0.2) is 9.84 Å². The number of alkyl halides is 3. The monoisotopic (exact) mass is 614 g/mol. The van der Waals surface area contributed by atoms with E-state index in [1.54, 1.807) is 13.0 Å². The van der Waals surface area contributed by atoms with Gasteiger partial charge in [0, 0.05) is 12.0 Å². The van der Waals surface area contributed by atoms with Crippen LogP contribution in [0, 0.1) is 29.6 Å². The zero-order valence-electron chi connectivity index (χ0n) is 22.2. The molecule has 1 heterocycles. The first-order valence-electron chi connectivity index (χ1n) is 12.0. The molecule has 42 heavy (non-hydrogen) atoms. The lowest BCUT2D eigenvalue weighted by Crippen LogP contribution is -2.52. The first-order chi connectivity index (χ1) is 19.5. The Labute approximate surface area is 240 Å². The second-order valence-electron chi connectivity index (χ2n) is 9.43. The van der Waals surface area contributed by atoms with Gasteiger partial charge in [-0.3, -0.25) is 4.90 Å². The molecule has 14 heteroatoms. The number of halogens is 3. The molecule has 9 nitrogen and oxygen atoms in total. The quantitative estimate of drug-likeness (QED) is 0.372. The summed E-state index contributed by atoms with van der Waals surface area (Å²) in [5, 5.41) is 19.6. The summed E-state index contributed by atoms with van der Waals surface area (Å²) in [4.78, 5) is 13.9. The van der Waals surface area contributed by atoms with Crippen molar-refractivity contribution in [3.63, 3.8) is 0 Å². The highest BCUT2D eigenvalue weighted by Crippen LogP contribution is 2.44. The summed E-state index contributed by atoms with van der Waals surface area (Å²) in [6, 6.07) is 12.7. The summed E-state index contributed by atoms with van der Waals surface area (Å²) >= 11 is 0. The Bertz CT molecular complexity index is 1940. The number of carbonyl (C=O) groups is 1.